The molecule has 3 rings (SSSR count). The summed E-state index contributed by atoms with van der Waals surface area (Å²) in [7, 11) is 1.06. The molecule has 0 aromatic rings. The summed E-state index contributed by atoms with van der Waals surface area (Å²) in [5.74, 6) is 1.62. The Morgan fingerprint density at radius 3 is 2.75 bits per heavy atom. The minimum atomic E-state index is -2.89. The largest absolute Gasteiger partial charge is 0.337 e. The predicted molar refractivity (Wildman–Crippen MR) is 84.6 cm³/mol. The first-order chi connectivity index (χ1) is 9.56. The van der Waals surface area contributed by atoms with Crippen LogP contribution in [0.5, 0.6) is 0 Å². The lowest BCUT2D eigenvalue weighted by Crippen LogP contribution is -2.43. The van der Waals surface area contributed by atoms with Gasteiger partial charge in [0.1, 0.15) is 0 Å². The Bertz CT molecular complexity index is 473. The van der Waals surface area contributed by atoms with Crippen LogP contribution in [0.3, 0.4) is 0 Å². The third-order valence-corrected chi connectivity index (χ3v) is 9.74. The minimum Gasteiger partial charge on any atom is -0.337 e. The average molecular weight is 336 g/mol. The van der Waals surface area contributed by atoms with Crippen molar-refractivity contribution in [2.24, 2.45) is 0 Å². The number of carbonyl (C=O) groups excluding carboxylic acids is 1. The Balaban J connectivity index is 1.38. The summed E-state index contributed by atoms with van der Waals surface area (Å²) in [5.41, 5.74) is 0. The van der Waals surface area contributed by atoms with Crippen LogP contribution in [0.2, 0.25) is 0 Å². The highest BCUT2D eigenvalue weighted by Gasteiger charge is 2.49. The Kier molecular flexibility index (Phi) is 4.57. The molecule has 1 amide bonds. The van der Waals surface area contributed by atoms with E-state index in [4.69, 9.17) is 0 Å². The monoisotopic (exact) mass is 335 g/mol. The topological polar surface area (TPSA) is 54.5 Å². The van der Waals surface area contributed by atoms with Crippen LogP contribution in [-0.4, -0.2) is 53.8 Å². The molecule has 0 aromatic heterocycles. The molecule has 0 N–H and O–H groups in total. The molecule has 3 unspecified atom stereocenters. The van der Waals surface area contributed by atoms with Crippen molar-refractivity contribution in [2.45, 2.75) is 55.1 Å². The molecule has 20 heavy (non-hydrogen) atoms. The summed E-state index contributed by atoms with van der Waals surface area (Å²) >= 11 is 0. The molecule has 3 saturated heterocycles. The van der Waals surface area contributed by atoms with Crippen molar-refractivity contribution in [3.8, 4) is 0 Å². The molecule has 0 radical (unpaired) electrons. The van der Waals surface area contributed by atoms with Crippen molar-refractivity contribution in [1.29, 1.82) is 0 Å². The van der Waals surface area contributed by atoms with E-state index in [9.17, 15) is 13.2 Å². The van der Waals surface area contributed by atoms with Crippen molar-refractivity contribution >= 4 is 37.3 Å². The number of unbranched alkanes of at least 4 members (excludes halogenated alkanes) is 1. The second-order valence-electron chi connectivity index (χ2n) is 5.96. The normalized spacial score (nSPS) is 34.8. The van der Waals surface area contributed by atoms with E-state index < -0.39 is 9.84 Å². The molecular formula is C13H21NO3S3. The molecule has 3 aliphatic heterocycles. The number of hydrogen-bond donors (Lipinski definition) is 0. The first kappa shape index (κ1) is 15.0. The maximum atomic E-state index is 12.2. The third-order valence-electron chi connectivity index (χ3n) is 4.52. The summed E-state index contributed by atoms with van der Waals surface area (Å²) in [6.45, 7) is 0.445. The number of rotatable bonds is 5. The van der Waals surface area contributed by atoms with Gasteiger partial charge in [-0.05, 0) is 25.7 Å². The van der Waals surface area contributed by atoms with Crippen LogP contribution in [0, 0.1) is 0 Å². The van der Waals surface area contributed by atoms with Crippen molar-refractivity contribution in [1.82, 2.24) is 4.90 Å². The first-order valence-electron chi connectivity index (χ1n) is 7.35. The van der Waals surface area contributed by atoms with E-state index in [1.54, 1.807) is 0 Å². The lowest BCUT2D eigenvalue weighted by atomic mass is 10.1. The average Bonchev–Trinajstić information content (AvgIpc) is 3.07. The molecule has 4 nitrogen and oxygen atoms in total. The molecule has 0 aromatic carbocycles. The highest BCUT2D eigenvalue weighted by atomic mass is 33.1. The second-order valence-corrected chi connectivity index (χ2v) is 11.1. The third kappa shape index (κ3) is 3.14. The fraction of sp³-hybridized carbons (Fsp3) is 0.923. The summed E-state index contributed by atoms with van der Waals surface area (Å²) in [4.78, 5) is 14.0. The molecule has 0 aliphatic carbocycles. The van der Waals surface area contributed by atoms with E-state index in [1.165, 1.54) is 18.6 Å². The molecular weight excluding hydrogens is 314 g/mol. The SMILES string of the molecule is O=C(CCCCC1CCSS1)N1CC2CC1CS2(=O)=O. The zero-order valence-electron chi connectivity index (χ0n) is 11.5. The summed E-state index contributed by atoms with van der Waals surface area (Å²) in [6.07, 6.45) is 5.84. The standard InChI is InChI=1S/C13H21NO3S3/c15-13(4-2-1-3-11-5-6-18-19-11)14-8-12-7-10(14)9-20(12,16)17/h10-12H,1-9H2. The van der Waals surface area contributed by atoms with Crippen LogP contribution < -0.4 is 0 Å². The quantitative estimate of drug-likeness (QED) is 0.569. The number of hydrogen-bond acceptors (Lipinski definition) is 5. The van der Waals surface area contributed by atoms with Gasteiger partial charge in [0, 0.05) is 30.0 Å². The van der Waals surface area contributed by atoms with E-state index in [1.807, 2.05) is 26.5 Å². The van der Waals surface area contributed by atoms with Crippen LogP contribution in [0.15, 0.2) is 0 Å². The van der Waals surface area contributed by atoms with E-state index >= 15 is 0 Å². The number of amides is 1. The van der Waals surface area contributed by atoms with Crippen molar-refractivity contribution in [3.63, 3.8) is 0 Å². The second kappa shape index (κ2) is 6.08. The Hall–Kier alpha value is 0.120. The van der Waals surface area contributed by atoms with Crippen molar-refractivity contribution < 1.29 is 13.2 Å². The van der Waals surface area contributed by atoms with Gasteiger partial charge in [0.15, 0.2) is 9.84 Å². The van der Waals surface area contributed by atoms with Gasteiger partial charge >= 0.3 is 0 Å². The number of sulfone groups is 1. The maximum Gasteiger partial charge on any atom is 0.222 e. The van der Waals surface area contributed by atoms with Gasteiger partial charge in [0.25, 0.3) is 0 Å². The molecule has 0 spiro atoms. The molecule has 2 bridgehead atoms. The van der Waals surface area contributed by atoms with E-state index in [-0.39, 0.29) is 23.0 Å². The predicted octanol–water partition coefficient (Wildman–Crippen LogP) is 2.10. The molecule has 114 valence electrons. The zero-order valence-corrected chi connectivity index (χ0v) is 13.9. The Labute approximate surface area is 128 Å². The number of likely N-dealkylation sites (tertiary alicyclic amines) is 1. The van der Waals surface area contributed by atoms with Crippen molar-refractivity contribution in [2.75, 3.05) is 18.1 Å². The minimum absolute atomic E-state index is 0.0284. The van der Waals surface area contributed by atoms with Gasteiger partial charge in [-0.3, -0.25) is 4.79 Å². The van der Waals surface area contributed by atoms with E-state index in [0.29, 0.717) is 19.4 Å². The highest BCUT2D eigenvalue weighted by molar-refractivity contribution is 8.77. The summed E-state index contributed by atoms with van der Waals surface area (Å²) in [5, 5.41) is 0.506. The van der Waals surface area contributed by atoms with Gasteiger partial charge in [-0.25, -0.2) is 8.42 Å². The van der Waals surface area contributed by atoms with Crippen molar-refractivity contribution in [3.05, 3.63) is 0 Å². The van der Waals surface area contributed by atoms with Crippen LogP contribution in [0.1, 0.15) is 38.5 Å². The lowest BCUT2D eigenvalue weighted by Gasteiger charge is -2.27. The molecule has 3 heterocycles. The van der Waals surface area contributed by atoms with Gasteiger partial charge in [0.2, 0.25) is 5.91 Å². The fourth-order valence-electron chi connectivity index (χ4n) is 3.36. The Morgan fingerprint density at radius 2 is 2.15 bits per heavy atom. The molecule has 3 atom stereocenters. The van der Waals surface area contributed by atoms with E-state index in [0.717, 1.165) is 18.1 Å². The van der Waals surface area contributed by atoms with Gasteiger partial charge in [-0.15, -0.1) is 0 Å². The molecule has 7 heteroatoms. The van der Waals surface area contributed by atoms with Gasteiger partial charge in [-0.2, -0.15) is 0 Å². The summed E-state index contributed by atoms with van der Waals surface area (Å²) in [6, 6.07) is -0.0284. The molecule has 3 fully saturated rings. The Morgan fingerprint density at radius 1 is 1.30 bits per heavy atom. The van der Waals surface area contributed by atoms with Crippen LogP contribution in [0.4, 0.5) is 0 Å². The van der Waals surface area contributed by atoms with Crippen LogP contribution >= 0.6 is 21.6 Å². The molecule has 0 saturated carbocycles. The number of fused-ring (bicyclic) bond motifs is 2. The van der Waals surface area contributed by atoms with Crippen LogP contribution in [-0.2, 0) is 14.6 Å². The highest BCUT2D eigenvalue weighted by Crippen LogP contribution is 2.40. The summed E-state index contributed by atoms with van der Waals surface area (Å²) < 4.78 is 23.3. The smallest absolute Gasteiger partial charge is 0.222 e. The fourth-order valence-corrected chi connectivity index (χ4v) is 8.41. The number of carbonyl (C=O) groups is 1. The van der Waals surface area contributed by atoms with Crippen LogP contribution in [0.25, 0.3) is 0 Å². The van der Waals surface area contributed by atoms with E-state index in [2.05, 4.69) is 0 Å². The zero-order chi connectivity index (χ0) is 14.2. The first-order valence-corrected chi connectivity index (χ1v) is 11.5. The van der Waals surface area contributed by atoms with Gasteiger partial charge in [-0.1, -0.05) is 28.0 Å². The van der Waals surface area contributed by atoms with Gasteiger partial charge < -0.3 is 4.90 Å². The van der Waals surface area contributed by atoms with Gasteiger partial charge in [0.05, 0.1) is 11.0 Å². The maximum absolute atomic E-state index is 12.2. The number of nitrogens with zero attached hydrogens (tertiary/aromatic N) is 1. The lowest BCUT2D eigenvalue weighted by molar-refractivity contribution is -0.131. The molecule has 3 aliphatic rings.